The van der Waals surface area contributed by atoms with Crippen LogP contribution >= 0.6 is 0 Å². The number of benzene rings is 1. The van der Waals surface area contributed by atoms with Crippen molar-refractivity contribution in [2.75, 3.05) is 0 Å². The zero-order valence-electron chi connectivity index (χ0n) is 12.2. The predicted octanol–water partition coefficient (Wildman–Crippen LogP) is 2.84. The summed E-state index contributed by atoms with van der Waals surface area (Å²) in [6, 6.07) is 11.1. The lowest BCUT2D eigenvalue weighted by Crippen LogP contribution is -2.49. The Bertz CT molecular complexity index is 499. The Kier molecular flexibility index (Phi) is 5.35. The molecule has 4 nitrogen and oxygen atoms in total. The number of nitriles is 1. The maximum absolute atomic E-state index is 12.3. The van der Waals surface area contributed by atoms with Crippen LogP contribution in [0.25, 0.3) is 0 Å². The van der Waals surface area contributed by atoms with Gasteiger partial charge in [0.2, 0.25) is 0 Å². The van der Waals surface area contributed by atoms with E-state index in [1.807, 2.05) is 6.07 Å². The van der Waals surface area contributed by atoms with Crippen molar-refractivity contribution in [1.82, 2.24) is 5.32 Å². The molecule has 1 aliphatic carbocycles. The molecule has 0 spiro atoms. The molecule has 1 unspecified atom stereocenters. The second-order valence-corrected chi connectivity index (χ2v) is 5.76. The molecule has 0 radical (unpaired) electrons. The number of nitrogens with one attached hydrogen (secondary N) is 1. The minimum atomic E-state index is -1.22. The van der Waals surface area contributed by atoms with E-state index in [9.17, 15) is 15.2 Å². The number of hydrogen-bond donors (Lipinski definition) is 2. The summed E-state index contributed by atoms with van der Waals surface area (Å²) in [6.07, 6.45) is 5.38. The van der Waals surface area contributed by atoms with Crippen LogP contribution in [0, 0.1) is 11.3 Å². The van der Waals surface area contributed by atoms with Crippen molar-refractivity contribution in [3.05, 3.63) is 35.9 Å². The van der Waals surface area contributed by atoms with E-state index < -0.39 is 17.6 Å². The topological polar surface area (TPSA) is 73.1 Å². The first-order valence-corrected chi connectivity index (χ1v) is 7.63. The Labute approximate surface area is 125 Å². The maximum atomic E-state index is 12.3. The van der Waals surface area contributed by atoms with Gasteiger partial charge in [-0.15, -0.1) is 0 Å². The molecule has 0 saturated heterocycles. The summed E-state index contributed by atoms with van der Waals surface area (Å²) < 4.78 is 0. The zero-order chi connectivity index (χ0) is 15.1. The number of nitrogens with zero attached hydrogens (tertiary/aromatic N) is 1. The molecule has 1 saturated carbocycles. The van der Waals surface area contributed by atoms with E-state index in [2.05, 4.69) is 11.4 Å². The van der Waals surface area contributed by atoms with Crippen molar-refractivity contribution in [2.24, 2.45) is 0 Å². The summed E-state index contributed by atoms with van der Waals surface area (Å²) >= 11 is 0. The van der Waals surface area contributed by atoms with Gasteiger partial charge in [0.05, 0.1) is 6.07 Å². The number of amides is 1. The van der Waals surface area contributed by atoms with E-state index in [1.54, 1.807) is 24.3 Å². The molecule has 112 valence electrons. The van der Waals surface area contributed by atoms with Gasteiger partial charge in [0.25, 0.3) is 5.91 Å². The highest BCUT2D eigenvalue weighted by atomic mass is 16.3. The first-order chi connectivity index (χ1) is 10.2. The van der Waals surface area contributed by atoms with Crippen LogP contribution in [-0.2, 0) is 4.79 Å². The van der Waals surface area contributed by atoms with Crippen molar-refractivity contribution < 1.29 is 9.90 Å². The average Bonchev–Trinajstić information content (AvgIpc) is 2.50. The second-order valence-electron chi connectivity index (χ2n) is 5.76. The summed E-state index contributed by atoms with van der Waals surface area (Å²) in [5.41, 5.74) is -0.276. The van der Waals surface area contributed by atoms with Gasteiger partial charge in [-0.3, -0.25) is 4.79 Å². The molecule has 1 fully saturated rings. The fourth-order valence-electron chi connectivity index (χ4n) is 2.86. The highest BCUT2D eigenvalue weighted by Gasteiger charge is 2.34. The molecule has 2 rings (SSSR count). The number of rotatable bonds is 3. The Hall–Kier alpha value is -1.86. The van der Waals surface area contributed by atoms with Gasteiger partial charge in [0.1, 0.15) is 5.54 Å². The van der Waals surface area contributed by atoms with Crippen LogP contribution in [0.1, 0.15) is 56.6 Å². The monoisotopic (exact) mass is 286 g/mol. The third-order valence-corrected chi connectivity index (χ3v) is 4.15. The Balaban J connectivity index is 2.06. The lowest BCUT2D eigenvalue weighted by Gasteiger charge is -2.30. The number of aliphatic hydroxyl groups excluding tert-OH is 1. The molecule has 0 bridgehead atoms. The van der Waals surface area contributed by atoms with Crippen LogP contribution in [0.2, 0.25) is 0 Å². The van der Waals surface area contributed by atoms with Crippen molar-refractivity contribution in [3.63, 3.8) is 0 Å². The molecule has 1 amide bonds. The molecule has 2 N–H and O–H groups in total. The molecule has 1 aromatic rings. The zero-order valence-corrected chi connectivity index (χ0v) is 12.2. The Morgan fingerprint density at radius 1 is 1.14 bits per heavy atom. The molecule has 4 heteroatoms. The SMILES string of the molecule is N#CC1(NC(=O)C(O)c2ccccc2)CCCCCCC1. The Morgan fingerprint density at radius 3 is 2.29 bits per heavy atom. The number of carbonyl (C=O) groups is 1. The third-order valence-electron chi connectivity index (χ3n) is 4.15. The first kappa shape index (κ1) is 15.5. The van der Waals surface area contributed by atoms with Gasteiger partial charge in [-0.2, -0.15) is 5.26 Å². The van der Waals surface area contributed by atoms with Gasteiger partial charge in [-0.1, -0.05) is 62.4 Å². The summed E-state index contributed by atoms with van der Waals surface area (Å²) in [7, 11) is 0. The normalized spacial score (nSPS) is 19.6. The molecule has 1 aliphatic rings. The van der Waals surface area contributed by atoms with Crippen molar-refractivity contribution in [3.8, 4) is 6.07 Å². The largest absolute Gasteiger partial charge is 0.378 e. The van der Waals surface area contributed by atoms with E-state index in [1.165, 1.54) is 6.42 Å². The summed E-state index contributed by atoms with van der Waals surface area (Å²) in [6.45, 7) is 0. The second kappa shape index (κ2) is 7.24. The quantitative estimate of drug-likeness (QED) is 0.897. The van der Waals surface area contributed by atoms with E-state index >= 15 is 0 Å². The highest BCUT2D eigenvalue weighted by Crippen LogP contribution is 2.27. The summed E-state index contributed by atoms with van der Waals surface area (Å²) in [5.74, 6) is -0.483. The van der Waals surface area contributed by atoms with Crippen LogP contribution in [0.5, 0.6) is 0 Å². The number of carbonyl (C=O) groups excluding carboxylic acids is 1. The first-order valence-electron chi connectivity index (χ1n) is 7.63. The van der Waals surface area contributed by atoms with Gasteiger partial charge in [-0.25, -0.2) is 0 Å². The van der Waals surface area contributed by atoms with E-state index in [0.29, 0.717) is 18.4 Å². The van der Waals surface area contributed by atoms with Gasteiger partial charge >= 0.3 is 0 Å². The standard InChI is InChI=1S/C17H22N2O2/c18-13-17(11-7-2-1-3-8-12-17)19-16(21)15(20)14-9-5-4-6-10-14/h4-6,9-10,15,20H,1-3,7-8,11-12H2,(H,19,21). The van der Waals surface area contributed by atoms with Crippen LogP contribution in [0.3, 0.4) is 0 Å². The Morgan fingerprint density at radius 2 is 1.71 bits per heavy atom. The predicted molar refractivity (Wildman–Crippen MR) is 80.2 cm³/mol. The fraction of sp³-hybridized carbons (Fsp3) is 0.529. The third kappa shape index (κ3) is 4.05. The minimum absolute atomic E-state index is 0.483. The van der Waals surface area contributed by atoms with Gasteiger partial charge in [0.15, 0.2) is 6.10 Å². The fourth-order valence-corrected chi connectivity index (χ4v) is 2.86. The van der Waals surface area contributed by atoms with Gasteiger partial charge < -0.3 is 10.4 Å². The number of aliphatic hydroxyl groups is 1. The van der Waals surface area contributed by atoms with Gasteiger partial charge in [-0.05, 0) is 18.4 Å². The van der Waals surface area contributed by atoms with Crippen molar-refractivity contribution >= 4 is 5.91 Å². The molecule has 0 heterocycles. The minimum Gasteiger partial charge on any atom is -0.378 e. The molecule has 0 aromatic heterocycles. The smallest absolute Gasteiger partial charge is 0.254 e. The van der Waals surface area contributed by atoms with E-state index in [0.717, 1.165) is 25.7 Å². The number of hydrogen-bond acceptors (Lipinski definition) is 3. The molecule has 1 aromatic carbocycles. The maximum Gasteiger partial charge on any atom is 0.254 e. The van der Waals surface area contributed by atoms with E-state index in [-0.39, 0.29) is 0 Å². The molecule has 0 aliphatic heterocycles. The van der Waals surface area contributed by atoms with Crippen LogP contribution < -0.4 is 5.32 Å². The average molecular weight is 286 g/mol. The van der Waals surface area contributed by atoms with Crippen LogP contribution in [0.15, 0.2) is 30.3 Å². The molecule has 21 heavy (non-hydrogen) atoms. The van der Waals surface area contributed by atoms with Crippen molar-refractivity contribution in [2.45, 2.75) is 56.6 Å². The lowest BCUT2D eigenvalue weighted by molar-refractivity contribution is -0.131. The van der Waals surface area contributed by atoms with Gasteiger partial charge in [0, 0.05) is 0 Å². The highest BCUT2D eigenvalue weighted by molar-refractivity contribution is 5.83. The van der Waals surface area contributed by atoms with Crippen LogP contribution in [0.4, 0.5) is 0 Å². The molecular weight excluding hydrogens is 264 g/mol. The summed E-state index contributed by atoms with van der Waals surface area (Å²) in [5, 5.41) is 22.4. The van der Waals surface area contributed by atoms with Crippen molar-refractivity contribution in [1.29, 1.82) is 5.26 Å². The molecule has 1 atom stereocenters. The van der Waals surface area contributed by atoms with E-state index in [4.69, 9.17) is 0 Å². The molecular formula is C17H22N2O2. The lowest BCUT2D eigenvalue weighted by atomic mass is 9.84. The van der Waals surface area contributed by atoms with Crippen LogP contribution in [-0.4, -0.2) is 16.6 Å². The summed E-state index contributed by atoms with van der Waals surface area (Å²) in [4.78, 5) is 12.3.